The van der Waals surface area contributed by atoms with Gasteiger partial charge < -0.3 is 20.3 Å². The number of ether oxygens (including phenoxy) is 1. The van der Waals surface area contributed by atoms with E-state index in [1.54, 1.807) is 18.3 Å². The highest BCUT2D eigenvalue weighted by molar-refractivity contribution is 5.67. The summed E-state index contributed by atoms with van der Waals surface area (Å²) in [4.78, 5) is 14.5. The van der Waals surface area contributed by atoms with E-state index in [0.717, 1.165) is 0 Å². The molecule has 0 aliphatic heterocycles. The minimum Gasteiger partial charge on any atom is -0.481 e. The van der Waals surface area contributed by atoms with Crippen LogP contribution in [0.1, 0.15) is 20.3 Å². The number of nitrogens with zero attached hydrogens (tertiary/aromatic N) is 1. The lowest BCUT2D eigenvalue weighted by Crippen LogP contribution is -2.23. The first-order valence-electron chi connectivity index (χ1n) is 5.74. The smallest absolute Gasteiger partial charge is 0.306 e. The number of aliphatic hydroxyl groups is 1. The minimum absolute atomic E-state index is 0.00982. The van der Waals surface area contributed by atoms with E-state index in [2.05, 4.69) is 10.3 Å². The Morgan fingerprint density at radius 3 is 2.89 bits per heavy atom. The second-order valence-electron chi connectivity index (χ2n) is 4.16. The van der Waals surface area contributed by atoms with Gasteiger partial charge in [0.05, 0.1) is 24.3 Å². The van der Waals surface area contributed by atoms with Crippen LogP contribution in [0.15, 0.2) is 18.3 Å². The van der Waals surface area contributed by atoms with Crippen molar-refractivity contribution in [2.45, 2.75) is 32.5 Å². The molecule has 1 atom stereocenters. The number of hydrogen-bond donors (Lipinski definition) is 3. The second-order valence-corrected chi connectivity index (χ2v) is 4.16. The van der Waals surface area contributed by atoms with Gasteiger partial charge in [0.25, 0.3) is 0 Å². The zero-order chi connectivity index (χ0) is 13.5. The molecule has 3 N–H and O–H groups in total. The van der Waals surface area contributed by atoms with Crippen molar-refractivity contribution >= 4 is 11.7 Å². The summed E-state index contributed by atoms with van der Waals surface area (Å²) in [5.74, 6) is -0.593. The first-order chi connectivity index (χ1) is 8.49. The number of aliphatic hydroxyl groups excluding tert-OH is 1. The van der Waals surface area contributed by atoms with Crippen molar-refractivity contribution in [3.05, 3.63) is 18.3 Å². The summed E-state index contributed by atoms with van der Waals surface area (Å²) in [5.41, 5.74) is 0.635. The van der Waals surface area contributed by atoms with Crippen LogP contribution >= 0.6 is 0 Å². The third-order valence-corrected chi connectivity index (χ3v) is 2.06. The standard InChI is InChI=1S/C12H18N2O4/c1-8(2)18-12-10(4-3-5-13-12)14-7-9(15)6-11(16)17/h3-5,8-9,14-15H,6-7H2,1-2H3,(H,16,17). The second kappa shape index (κ2) is 6.80. The molecule has 1 rings (SSSR count). The van der Waals surface area contributed by atoms with Crippen LogP contribution < -0.4 is 10.1 Å². The van der Waals surface area contributed by atoms with E-state index in [9.17, 15) is 9.90 Å². The third kappa shape index (κ3) is 5.01. The van der Waals surface area contributed by atoms with E-state index in [0.29, 0.717) is 11.6 Å². The fourth-order valence-electron chi connectivity index (χ4n) is 1.34. The average Bonchev–Trinajstić information content (AvgIpc) is 2.26. The number of anilines is 1. The molecule has 0 aromatic carbocycles. The van der Waals surface area contributed by atoms with E-state index in [1.807, 2.05) is 13.8 Å². The topological polar surface area (TPSA) is 91.7 Å². The molecule has 1 aromatic rings. The number of nitrogens with one attached hydrogen (secondary N) is 1. The van der Waals surface area contributed by atoms with Crippen molar-refractivity contribution in [2.24, 2.45) is 0 Å². The van der Waals surface area contributed by atoms with E-state index in [4.69, 9.17) is 9.84 Å². The molecule has 0 fully saturated rings. The summed E-state index contributed by atoms with van der Waals surface area (Å²) in [5, 5.41) is 20.9. The Hall–Kier alpha value is -1.82. The summed E-state index contributed by atoms with van der Waals surface area (Å²) < 4.78 is 5.49. The molecule has 0 aliphatic rings. The Morgan fingerprint density at radius 2 is 2.28 bits per heavy atom. The first kappa shape index (κ1) is 14.2. The Labute approximate surface area is 106 Å². The normalized spacial score (nSPS) is 12.2. The first-order valence-corrected chi connectivity index (χ1v) is 5.74. The van der Waals surface area contributed by atoms with Crippen LogP contribution in [0.4, 0.5) is 5.69 Å². The SMILES string of the molecule is CC(C)Oc1ncccc1NCC(O)CC(=O)O. The van der Waals surface area contributed by atoms with Gasteiger partial charge in [-0.1, -0.05) is 0 Å². The molecule has 1 aromatic heterocycles. The van der Waals surface area contributed by atoms with Crippen molar-refractivity contribution in [3.63, 3.8) is 0 Å². The van der Waals surface area contributed by atoms with Gasteiger partial charge in [-0.3, -0.25) is 4.79 Å². The molecule has 0 radical (unpaired) electrons. The van der Waals surface area contributed by atoms with Gasteiger partial charge in [-0.25, -0.2) is 4.98 Å². The minimum atomic E-state index is -1.03. The molecular weight excluding hydrogens is 236 g/mol. The Morgan fingerprint density at radius 1 is 1.56 bits per heavy atom. The molecular formula is C12H18N2O4. The van der Waals surface area contributed by atoms with Crippen LogP contribution in [-0.2, 0) is 4.79 Å². The van der Waals surface area contributed by atoms with Crippen LogP contribution in [0, 0.1) is 0 Å². The van der Waals surface area contributed by atoms with Crippen molar-refractivity contribution in [1.29, 1.82) is 0 Å². The van der Waals surface area contributed by atoms with Gasteiger partial charge in [0.1, 0.15) is 0 Å². The van der Waals surface area contributed by atoms with Gasteiger partial charge in [0.2, 0.25) is 5.88 Å². The fraction of sp³-hybridized carbons (Fsp3) is 0.500. The number of aromatic nitrogens is 1. The van der Waals surface area contributed by atoms with Gasteiger partial charge in [-0.05, 0) is 26.0 Å². The Kier molecular flexibility index (Phi) is 5.38. The number of hydrogen-bond acceptors (Lipinski definition) is 5. The highest BCUT2D eigenvalue weighted by atomic mass is 16.5. The van der Waals surface area contributed by atoms with Crippen LogP contribution in [0.5, 0.6) is 5.88 Å². The predicted octanol–water partition coefficient (Wildman–Crippen LogP) is 1.12. The summed E-state index contributed by atoms with van der Waals surface area (Å²) in [7, 11) is 0. The van der Waals surface area contributed by atoms with Crippen LogP contribution in [-0.4, -0.2) is 39.9 Å². The van der Waals surface area contributed by atoms with Gasteiger partial charge in [-0.15, -0.1) is 0 Å². The summed E-state index contributed by atoms with van der Waals surface area (Å²) in [6.07, 6.45) is 0.350. The van der Waals surface area contributed by atoms with Crippen molar-refractivity contribution in [3.8, 4) is 5.88 Å². The molecule has 0 aliphatic carbocycles. The molecule has 0 spiro atoms. The molecule has 0 saturated heterocycles. The monoisotopic (exact) mass is 254 g/mol. The number of carbonyl (C=O) groups is 1. The molecule has 0 amide bonds. The molecule has 0 bridgehead atoms. The van der Waals surface area contributed by atoms with Crippen molar-refractivity contribution < 1.29 is 19.7 Å². The quantitative estimate of drug-likeness (QED) is 0.675. The highest BCUT2D eigenvalue weighted by Gasteiger charge is 2.11. The maximum absolute atomic E-state index is 10.4. The average molecular weight is 254 g/mol. The Bertz CT molecular complexity index is 395. The van der Waals surface area contributed by atoms with E-state index in [1.165, 1.54) is 0 Å². The van der Waals surface area contributed by atoms with Crippen molar-refractivity contribution in [1.82, 2.24) is 4.98 Å². The molecule has 100 valence electrons. The lowest BCUT2D eigenvalue weighted by atomic mass is 10.2. The summed E-state index contributed by atoms with van der Waals surface area (Å²) in [6.45, 7) is 3.90. The van der Waals surface area contributed by atoms with Crippen LogP contribution in [0.25, 0.3) is 0 Å². The number of pyridine rings is 1. The zero-order valence-electron chi connectivity index (χ0n) is 10.5. The molecule has 6 heteroatoms. The maximum Gasteiger partial charge on any atom is 0.306 e. The largest absolute Gasteiger partial charge is 0.481 e. The summed E-state index contributed by atoms with van der Waals surface area (Å²) >= 11 is 0. The lowest BCUT2D eigenvalue weighted by molar-refractivity contribution is -0.138. The third-order valence-electron chi connectivity index (χ3n) is 2.06. The van der Waals surface area contributed by atoms with Crippen LogP contribution in [0.3, 0.4) is 0 Å². The molecule has 1 unspecified atom stereocenters. The molecule has 0 saturated carbocycles. The van der Waals surface area contributed by atoms with Gasteiger partial charge >= 0.3 is 5.97 Å². The van der Waals surface area contributed by atoms with Gasteiger partial charge in [0.15, 0.2) is 0 Å². The Balaban J connectivity index is 2.58. The fourth-order valence-corrected chi connectivity index (χ4v) is 1.34. The summed E-state index contributed by atoms with van der Waals surface area (Å²) in [6, 6.07) is 3.50. The zero-order valence-corrected chi connectivity index (χ0v) is 10.5. The molecule has 6 nitrogen and oxygen atoms in total. The number of carboxylic acid groups (broad SMARTS) is 1. The molecule has 18 heavy (non-hydrogen) atoms. The number of aliphatic carboxylic acids is 1. The maximum atomic E-state index is 10.4. The van der Waals surface area contributed by atoms with E-state index >= 15 is 0 Å². The van der Waals surface area contributed by atoms with Crippen molar-refractivity contribution in [2.75, 3.05) is 11.9 Å². The molecule has 1 heterocycles. The van der Waals surface area contributed by atoms with Gasteiger partial charge in [0, 0.05) is 12.7 Å². The van der Waals surface area contributed by atoms with E-state index in [-0.39, 0.29) is 19.1 Å². The van der Waals surface area contributed by atoms with Crippen LogP contribution in [0.2, 0.25) is 0 Å². The van der Waals surface area contributed by atoms with E-state index < -0.39 is 12.1 Å². The highest BCUT2D eigenvalue weighted by Crippen LogP contribution is 2.21. The van der Waals surface area contributed by atoms with Gasteiger partial charge in [-0.2, -0.15) is 0 Å². The lowest BCUT2D eigenvalue weighted by Gasteiger charge is -2.15. The number of rotatable bonds is 7. The number of carboxylic acids is 1. The predicted molar refractivity (Wildman–Crippen MR) is 66.8 cm³/mol.